The lowest BCUT2D eigenvalue weighted by Gasteiger charge is -2.32. The lowest BCUT2D eigenvalue weighted by Crippen LogP contribution is -2.33. The van der Waals surface area contributed by atoms with Gasteiger partial charge in [0, 0.05) is 22.2 Å². The fourth-order valence-electron chi connectivity index (χ4n) is 5.24. The summed E-state index contributed by atoms with van der Waals surface area (Å²) in [4.78, 5) is 26.5. The number of hydrogen-bond donors (Lipinski definition) is 1. The molecule has 1 unspecified atom stereocenters. The van der Waals surface area contributed by atoms with Crippen LogP contribution in [-0.2, 0) is 4.79 Å². The lowest BCUT2D eigenvalue weighted by molar-refractivity contribution is -0.118. The van der Waals surface area contributed by atoms with Gasteiger partial charge >= 0.3 is 0 Å². The number of carbonyl (C=O) groups excluding carboxylic acids is 2. The van der Waals surface area contributed by atoms with Crippen molar-refractivity contribution in [3.8, 4) is 5.75 Å². The summed E-state index contributed by atoms with van der Waals surface area (Å²) in [6.45, 7) is 8.64. The second-order valence-electron chi connectivity index (χ2n) is 11.1. The highest BCUT2D eigenvalue weighted by Gasteiger charge is 2.21. The zero-order valence-corrected chi connectivity index (χ0v) is 24.6. The first-order chi connectivity index (χ1) is 19.3. The summed E-state index contributed by atoms with van der Waals surface area (Å²) in [5.41, 5.74) is 3.95. The predicted molar refractivity (Wildman–Crippen MR) is 163 cm³/mol. The number of anilines is 1. The number of Topliss-reactive ketones (excluding diaryl/α,β-unsaturated/α-hetero) is 1. The Labute approximate surface area is 243 Å². The quantitative estimate of drug-likeness (QED) is 0.179. The summed E-state index contributed by atoms with van der Waals surface area (Å²) in [7, 11) is 0. The Morgan fingerprint density at radius 2 is 1.70 bits per heavy atom. The summed E-state index contributed by atoms with van der Waals surface area (Å²) < 4.78 is 6.40. The molecule has 3 aromatic carbocycles. The van der Waals surface area contributed by atoms with Crippen molar-refractivity contribution in [2.75, 3.05) is 25.0 Å². The third-order valence-corrected chi connectivity index (χ3v) is 7.94. The first kappa shape index (κ1) is 29.8. The van der Waals surface area contributed by atoms with Gasteiger partial charge in [0.05, 0.1) is 0 Å². The summed E-state index contributed by atoms with van der Waals surface area (Å²) in [5.74, 6) is 1.30. The van der Waals surface area contributed by atoms with E-state index in [-0.39, 0.29) is 23.7 Å². The number of ketones is 1. The van der Waals surface area contributed by atoms with Gasteiger partial charge in [-0.25, -0.2) is 0 Å². The molecule has 0 spiro atoms. The lowest BCUT2D eigenvalue weighted by atomic mass is 9.89. The van der Waals surface area contributed by atoms with Crippen molar-refractivity contribution in [2.45, 2.75) is 64.9 Å². The minimum absolute atomic E-state index is 0.0298. The summed E-state index contributed by atoms with van der Waals surface area (Å²) in [6.07, 6.45) is 5.18. The predicted octanol–water partition coefficient (Wildman–Crippen LogP) is 8.31. The molecule has 0 aliphatic carbocycles. The maximum absolute atomic E-state index is 12.1. The molecule has 3 aromatic rings. The molecule has 0 aromatic heterocycles. The molecule has 1 atom stereocenters. The van der Waals surface area contributed by atoms with Crippen LogP contribution in [0.5, 0.6) is 5.75 Å². The van der Waals surface area contributed by atoms with E-state index in [1.165, 1.54) is 5.56 Å². The number of nitrogens with zero attached hydrogens (tertiary/aromatic N) is 1. The van der Waals surface area contributed by atoms with Crippen molar-refractivity contribution in [3.05, 3.63) is 94.5 Å². The number of likely N-dealkylation sites (tertiary alicyclic amines) is 1. The SMILES string of the molecule is CC(=O)c1cccc(OC(CCCCN2CCC(c3cccc(NC(=O)C(C)C)c3)CC2)c2ccc(Cl)cc2)c1. The van der Waals surface area contributed by atoms with Crippen LogP contribution in [0.4, 0.5) is 5.69 Å². The minimum Gasteiger partial charge on any atom is -0.486 e. The standard InChI is InChI=1S/C34H41ClN2O3/c1-24(2)34(39)36-31-10-6-9-29(22-31)26-17-20-37(21-18-26)19-5-4-12-33(27-13-15-30(35)16-14-27)40-32-11-7-8-28(23-32)25(3)38/h6-11,13-16,22-24,26,33H,4-5,12,17-21H2,1-3H3,(H,36,39). The van der Waals surface area contributed by atoms with Crippen molar-refractivity contribution in [2.24, 2.45) is 5.92 Å². The molecule has 1 amide bonds. The van der Waals surface area contributed by atoms with Crippen LogP contribution in [0.2, 0.25) is 5.02 Å². The van der Waals surface area contributed by atoms with Gasteiger partial charge in [-0.05, 0) is 112 Å². The van der Waals surface area contributed by atoms with Gasteiger partial charge in [0.25, 0.3) is 0 Å². The molecule has 1 aliphatic heterocycles. The highest BCUT2D eigenvalue weighted by molar-refractivity contribution is 6.30. The third kappa shape index (κ3) is 8.67. The van der Waals surface area contributed by atoms with Crippen LogP contribution in [0, 0.1) is 5.92 Å². The molecule has 1 saturated heterocycles. The van der Waals surface area contributed by atoms with Gasteiger partial charge in [-0.1, -0.05) is 61.8 Å². The van der Waals surface area contributed by atoms with Crippen LogP contribution in [0.1, 0.15) is 86.4 Å². The Balaban J connectivity index is 1.27. The molecule has 1 N–H and O–H groups in total. The minimum atomic E-state index is -0.103. The van der Waals surface area contributed by atoms with E-state index in [9.17, 15) is 9.59 Å². The number of halogens is 1. The molecule has 212 valence electrons. The van der Waals surface area contributed by atoms with E-state index in [0.717, 1.165) is 63.0 Å². The molecule has 5 nitrogen and oxygen atoms in total. The van der Waals surface area contributed by atoms with Crippen LogP contribution in [0.3, 0.4) is 0 Å². The Kier molecular flexibility index (Phi) is 10.8. The molecule has 6 heteroatoms. The van der Waals surface area contributed by atoms with Gasteiger partial charge in [-0.3, -0.25) is 9.59 Å². The van der Waals surface area contributed by atoms with Crippen LogP contribution in [0.15, 0.2) is 72.8 Å². The maximum Gasteiger partial charge on any atom is 0.226 e. The smallest absolute Gasteiger partial charge is 0.226 e. The van der Waals surface area contributed by atoms with E-state index in [2.05, 4.69) is 22.3 Å². The molecule has 40 heavy (non-hydrogen) atoms. The number of benzene rings is 3. The van der Waals surface area contributed by atoms with E-state index in [1.807, 2.05) is 74.5 Å². The number of piperidine rings is 1. The third-order valence-electron chi connectivity index (χ3n) is 7.69. The van der Waals surface area contributed by atoms with Gasteiger partial charge in [0.1, 0.15) is 11.9 Å². The zero-order valence-electron chi connectivity index (χ0n) is 23.9. The van der Waals surface area contributed by atoms with Gasteiger partial charge in [-0.15, -0.1) is 0 Å². The van der Waals surface area contributed by atoms with Gasteiger partial charge in [-0.2, -0.15) is 0 Å². The van der Waals surface area contributed by atoms with Crippen LogP contribution >= 0.6 is 11.6 Å². The maximum atomic E-state index is 12.1. The molecule has 0 saturated carbocycles. The van der Waals surface area contributed by atoms with E-state index in [0.29, 0.717) is 22.3 Å². The second kappa shape index (κ2) is 14.5. The Hall–Kier alpha value is -3.15. The summed E-state index contributed by atoms with van der Waals surface area (Å²) in [6, 6.07) is 23.6. The molecular weight excluding hydrogens is 520 g/mol. The average Bonchev–Trinajstić information content (AvgIpc) is 2.95. The van der Waals surface area contributed by atoms with Crippen molar-refractivity contribution >= 4 is 29.0 Å². The molecule has 1 heterocycles. The summed E-state index contributed by atoms with van der Waals surface area (Å²) in [5, 5.41) is 3.73. The first-order valence-corrected chi connectivity index (χ1v) is 14.8. The molecule has 4 rings (SSSR count). The number of carbonyl (C=O) groups is 2. The first-order valence-electron chi connectivity index (χ1n) is 14.4. The van der Waals surface area contributed by atoms with E-state index in [4.69, 9.17) is 16.3 Å². The molecule has 0 bridgehead atoms. The topological polar surface area (TPSA) is 58.6 Å². The number of ether oxygens (including phenoxy) is 1. The van der Waals surface area contributed by atoms with E-state index in [1.54, 1.807) is 6.92 Å². The van der Waals surface area contributed by atoms with Gasteiger partial charge < -0.3 is 15.0 Å². The van der Waals surface area contributed by atoms with Crippen LogP contribution < -0.4 is 10.1 Å². The molecule has 1 fully saturated rings. The molecular formula is C34H41ClN2O3. The van der Waals surface area contributed by atoms with Crippen LogP contribution in [0.25, 0.3) is 0 Å². The number of nitrogens with one attached hydrogen (secondary N) is 1. The Morgan fingerprint density at radius 1 is 0.975 bits per heavy atom. The van der Waals surface area contributed by atoms with Gasteiger partial charge in [0.2, 0.25) is 5.91 Å². The monoisotopic (exact) mass is 560 g/mol. The molecule has 0 radical (unpaired) electrons. The van der Waals surface area contributed by atoms with E-state index >= 15 is 0 Å². The van der Waals surface area contributed by atoms with Gasteiger partial charge in [0.15, 0.2) is 5.78 Å². The average molecular weight is 561 g/mol. The number of amides is 1. The fraction of sp³-hybridized carbons (Fsp3) is 0.412. The summed E-state index contributed by atoms with van der Waals surface area (Å²) >= 11 is 6.13. The van der Waals surface area contributed by atoms with E-state index < -0.39 is 0 Å². The van der Waals surface area contributed by atoms with Crippen molar-refractivity contribution < 1.29 is 14.3 Å². The second-order valence-corrected chi connectivity index (χ2v) is 11.6. The largest absolute Gasteiger partial charge is 0.486 e. The highest BCUT2D eigenvalue weighted by Crippen LogP contribution is 2.31. The van der Waals surface area contributed by atoms with Crippen molar-refractivity contribution in [3.63, 3.8) is 0 Å². The molecule has 1 aliphatic rings. The van der Waals surface area contributed by atoms with Crippen molar-refractivity contribution in [1.82, 2.24) is 4.90 Å². The van der Waals surface area contributed by atoms with Crippen LogP contribution in [-0.4, -0.2) is 36.2 Å². The van der Waals surface area contributed by atoms with Crippen molar-refractivity contribution in [1.29, 1.82) is 0 Å². The Morgan fingerprint density at radius 3 is 2.40 bits per heavy atom. The number of unbranched alkanes of at least 4 members (excludes halogenated alkanes) is 1. The number of hydrogen-bond acceptors (Lipinski definition) is 4. The fourth-order valence-corrected chi connectivity index (χ4v) is 5.36. The normalized spacial score (nSPS) is 15.1. The Bertz CT molecular complexity index is 1270. The highest BCUT2D eigenvalue weighted by atomic mass is 35.5. The zero-order chi connectivity index (χ0) is 28.5. The number of rotatable bonds is 12.